The normalized spacial score (nSPS) is 11.0. The number of anilines is 1. The highest BCUT2D eigenvalue weighted by Crippen LogP contribution is 2.20. The zero-order valence-electron chi connectivity index (χ0n) is 12.4. The number of rotatable bonds is 5. The topological polar surface area (TPSA) is 83.5 Å². The van der Waals surface area contributed by atoms with Gasteiger partial charge in [0.1, 0.15) is 5.69 Å². The summed E-state index contributed by atoms with van der Waals surface area (Å²) in [5.41, 5.74) is 3.60. The summed E-state index contributed by atoms with van der Waals surface area (Å²) in [6, 6.07) is 11.9. The molecule has 0 saturated heterocycles. The van der Waals surface area contributed by atoms with Crippen molar-refractivity contribution in [3.8, 4) is 0 Å². The van der Waals surface area contributed by atoms with Crippen LogP contribution in [-0.2, 0) is 4.79 Å². The van der Waals surface area contributed by atoms with E-state index in [1.807, 2.05) is 0 Å². The predicted molar refractivity (Wildman–Crippen MR) is 89.5 cm³/mol. The molecule has 0 aliphatic carbocycles. The minimum Gasteiger partial charge on any atom is -0.324 e. The lowest BCUT2D eigenvalue weighted by Crippen LogP contribution is -2.22. The SMILES string of the molecule is CC(CC(=O)Nc1ccccc1Cl)=NNC(=O)c1ccccn1. The summed E-state index contributed by atoms with van der Waals surface area (Å²) in [6.45, 7) is 1.64. The Morgan fingerprint density at radius 3 is 2.61 bits per heavy atom. The fourth-order valence-electron chi connectivity index (χ4n) is 1.73. The summed E-state index contributed by atoms with van der Waals surface area (Å²) in [7, 11) is 0. The van der Waals surface area contributed by atoms with Crippen LogP contribution in [-0.4, -0.2) is 22.5 Å². The van der Waals surface area contributed by atoms with E-state index in [-0.39, 0.29) is 18.0 Å². The van der Waals surface area contributed by atoms with Crippen LogP contribution >= 0.6 is 11.6 Å². The summed E-state index contributed by atoms with van der Waals surface area (Å²) in [5, 5.41) is 7.03. The Balaban J connectivity index is 1.88. The van der Waals surface area contributed by atoms with Gasteiger partial charge in [-0.1, -0.05) is 29.8 Å². The first-order valence-electron chi connectivity index (χ1n) is 6.85. The van der Waals surface area contributed by atoms with Gasteiger partial charge in [0.05, 0.1) is 17.1 Å². The Bertz CT molecular complexity index is 732. The van der Waals surface area contributed by atoms with Crippen LogP contribution in [0.3, 0.4) is 0 Å². The quantitative estimate of drug-likeness (QED) is 0.653. The van der Waals surface area contributed by atoms with Gasteiger partial charge in [0.2, 0.25) is 5.91 Å². The number of hydrazone groups is 1. The minimum atomic E-state index is -0.434. The maximum atomic E-state index is 11.9. The molecule has 0 aliphatic heterocycles. The molecule has 2 aromatic rings. The first-order valence-corrected chi connectivity index (χ1v) is 7.23. The van der Waals surface area contributed by atoms with Gasteiger partial charge in [-0.15, -0.1) is 0 Å². The number of carbonyl (C=O) groups is 2. The fourth-order valence-corrected chi connectivity index (χ4v) is 1.91. The molecule has 0 bridgehead atoms. The molecule has 2 N–H and O–H groups in total. The molecule has 0 radical (unpaired) electrons. The standard InChI is InChI=1S/C16H15ClN4O2/c1-11(20-21-16(23)14-8-4-5-9-18-14)10-15(22)19-13-7-3-2-6-12(13)17/h2-9H,10H2,1H3,(H,19,22)(H,21,23). The van der Waals surface area contributed by atoms with Crippen LogP contribution in [0.15, 0.2) is 53.8 Å². The highest BCUT2D eigenvalue weighted by atomic mass is 35.5. The maximum Gasteiger partial charge on any atom is 0.289 e. The van der Waals surface area contributed by atoms with Gasteiger partial charge in [0.25, 0.3) is 5.91 Å². The van der Waals surface area contributed by atoms with Crippen molar-refractivity contribution in [2.45, 2.75) is 13.3 Å². The van der Waals surface area contributed by atoms with Crippen molar-refractivity contribution >= 4 is 34.8 Å². The van der Waals surface area contributed by atoms with Gasteiger partial charge < -0.3 is 5.32 Å². The average molecular weight is 331 g/mol. The van der Waals surface area contributed by atoms with Crippen molar-refractivity contribution in [3.63, 3.8) is 0 Å². The van der Waals surface area contributed by atoms with E-state index in [1.165, 1.54) is 6.20 Å². The van der Waals surface area contributed by atoms with Crippen molar-refractivity contribution < 1.29 is 9.59 Å². The van der Waals surface area contributed by atoms with E-state index in [2.05, 4.69) is 20.8 Å². The number of nitrogens with zero attached hydrogens (tertiary/aromatic N) is 2. The van der Waals surface area contributed by atoms with Gasteiger partial charge in [-0.2, -0.15) is 5.10 Å². The first-order chi connectivity index (χ1) is 11.1. The number of hydrogen-bond acceptors (Lipinski definition) is 4. The van der Waals surface area contributed by atoms with Crippen LogP contribution in [0.1, 0.15) is 23.8 Å². The Labute approximate surface area is 138 Å². The van der Waals surface area contributed by atoms with E-state index in [9.17, 15) is 9.59 Å². The minimum absolute atomic E-state index is 0.0354. The predicted octanol–water partition coefficient (Wildman–Crippen LogP) is 2.87. The van der Waals surface area contributed by atoms with E-state index in [4.69, 9.17) is 11.6 Å². The molecule has 0 aliphatic rings. The van der Waals surface area contributed by atoms with Crippen LogP contribution in [0, 0.1) is 0 Å². The lowest BCUT2D eigenvalue weighted by Gasteiger charge is -2.07. The number of para-hydroxylation sites is 1. The number of benzene rings is 1. The monoisotopic (exact) mass is 330 g/mol. The Morgan fingerprint density at radius 1 is 1.17 bits per heavy atom. The van der Waals surface area contributed by atoms with Crippen molar-refractivity contribution in [2.75, 3.05) is 5.32 Å². The largest absolute Gasteiger partial charge is 0.324 e. The molecule has 7 heteroatoms. The van der Waals surface area contributed by atoms with Crippen LogP contribution in [0.25, 0.3) is 0 Å². The van der Waals surface area contributed by atoms with Gasteiger partial charge in [0, 0.05) is 11.9 Å². The van der Waals surface area contributed by atoms with Gasteiger partial charge in [-0.25, -0.2) is 5.43 Å². The zero-order valence-corrected chi connectivity index (χ0v) is 13.2. The maximum absolute atomic E-state index is 11.9. The second-order valence-electron chi connectivity index (χ2n) is 4.71. The Kier molecular flexibility index (Phi) is 5.82. The lowest BCUT2D eigenvalue weighted by atomic mass is 10.2. The molecule has 1 heterocycles. The fraction of sp³-hybridized carbons (Fsp3) is 0.125. The molecular formula is C16H15ClN4O2. The Hall–Kier alpha value is -2.73. The first kappa shape index (κ1) is 16.6. The highest BCUT2D eigenvalue weighted by molar-refractivity contribution is 6.33. The zero-order chi connectivity index (χ0) is 16.7. The highest BCUT2D eigenvalue weighted by Gasteiger charge is 2.08. The number of hydrogen-bond donors (Lipinski definition) is 2. The van der Waals surface area contributed by atoms with E-state index in [0.29, 0.717) is 16.4 Å². The molecule has 1 aromatic heterocycles. The molecule has 2 rings (SSSR count). The van der Waals surface area contributed by atoms with Gasteiger partial charge >= 0.3 is 0 Å². The number of pyridine rings is 1. The van der Waals surface area contributed by atoms with Gasteiger partial charge in [-0.3, -0.25) is 14.6 Å². The molecule has 2 amide bonds. The molecule has 0 fully saturated rings. The third-order valence-electron chi connectivity index (χ3n) is 2.81. The molecule has 0 saturated carbocycles. The third kappa shape index (κ3) is 5.19. The van der Waals surface area contributed by atoms with Crippen LogP contribution in [0.2, 0.25) is 5.02 Å². The molecular weight excluding hydrogens is 316 g/mol. The molecule has 0 spiro atoms. The number of carbonyl (C=O) groups excluding carboxylic acids is 2. The van der Waals surface area contributed by atoms with E-state index in [1.54, 1.807) is 49.4 Å². The number of amides is 2. The lowest BCUT2D eigenvalue weighted by molar-refractivity contribution is -0.115. The summed E-state index contributed by atoms with van der Waals surface area (Å²) in [6.07, 6.45) is 1.55. The molecule has 0 unspecified atom stereocenters. The van der Waals surface area contributed by atoms with Crippen molar-refractivity contribution in [3.05, 3.63) is 59.4 Å². The molecule has 1 aromatic carbocycles. The number of nitrogens with one attached hydrogen (secondary N) is 2. The molecule has 118 valence electrons. The summed E-state index contributed by atoms with van der Waals surface area (Å²) >= 11 is 5.97. The average Bonchev–Trinajstić information content (AvgIpc) is 2.55. The third-order valence-corrected chi connectivity index (χ3v) is 3.14. The van der Waals surface area contributed by atoms with E-state index >= 15 is 0 Å². The summed E-state index contributed by atoms with van der Waals surface area (Å²) < 4.78 is 0. The summed E-state index contributed by atoms with van der Waals surface area (Å²) in [4.78, 5) is 27.6. The van der Waals surface area contributed by atoms with E-state index < -0.39 is 5.91 Å². The second-order valence-corrected chi connectivity index (χ2v) is 5.11. The van der Waals surface area contributed by atoms with Crippen LogP contribution in [0.4, 0.5) is 5.69 Å². The molecule has 0 atom stereocenters. The van der Waals surface area contributed by atoms with Gasteiger partial charge in [0.15, 0.2) is 0 Å². The smallest absolute Gasteiger partial charge is 0.289 e. The van der Waals surface area contributed by atoms with Crippen molar-refractivity contribution in [1.82, 2.24) is 10.4 Å². The number of halogens is 1. The molecule has 6 nitrogen and oxygen atoms in total. The molecule has 23 heavy (non-hydrogen) atoms. The van der Waals surface area contributed by atoms with Crippen molar-refractivity contribution in [1.29, 1.82) is 0 Å². The van der Waals surface area contributed by atoms with Crippen LogP contribution < -0.4 is 10.7 Å². The number of aromatic nitrogens is 1. The Morgan fingerprint density at radius 2 is 1.91 bits per heavy atom. The second kappa shape index (κ2) is 8.05. The van der Waals surface area contributed by atoms with Crippen LogP contribution in [0.5, 0.6) is 0 Å². The van der Waals surface area contributed by atoms with Gasteiger partial charge in [-0.05, 0) is 31.2 Å². The summed E-state index contributed by atoms with van der Waals surface area (Å²) in [5.74, 6) is -0.706. The van der Waals surface area contributed by atoms with E-state index in [0.717, 1.165) is 0 Å². The van der Waals surface area contributed by atoms with Crippen molar-refractivity contribution in [2.24, 2.45) is 5.10 Å².